The van der Waals surface area contributed by atoms with Crippen LogP contribution in [0.25, 0.3) is 6.08 Å². The molecule has 0 saturated heterocycles. The number of terminal acetylenes is 1. The van der Waals surface area contributed by atoms with E-state index in [4.69, 9.17) is 11.5 Å². The number of halogens is 2. The van der Waals surface area contributed by atoms with Gasteiger partial charge in [-0.3, -0.25) is 0 Å². The van der Waals surface area contributed by atoms with E-state index in [0.29, 0.717) is 0 Å². The summed E-state index contributed by atoms with van der Waals surface area (Å²) in [5.74, 6) is -1.58. The van der Waals surface area contributed by atoms with Crippen molar-refractivity contribution in [1.29, 1.82) is 0 Å². The summed E-state index contributed by atoms with van der Waals surface area (Å²) in [6, 6.07) is 1.91. The van der Waals surface area contributed by atoms with Crippen LogP contribution < -0.4 is 4.74 Å². The number of hydrogen-bond donors (Lipinski definition) is 1. The Morgan fingerprint density at radius 3 is 2.53 bits per heavy atom. The minimum atomic E-state index is -1.21. The first-order chi connectivity index (χ1) is 8.04. The van der Waals surface area contributed by atoms with Crippen molar-refractivity contribution < 1.29 is 23.4 Å². The van der Waals surface area contributed by atoms with E-state index in [1.165, 1.54) is 0 Å². The highest BCUT2D eigenvalue weighted by molar-refractivity contribution is 5.85. The zero-order valence-electron chi connectivity index (χ0n) is 8.61. The van der Waals surface area contributed by atoms with Crippen molar-refractivity contribution in [2.45, 2.75) is 0 Å². The maximum atomic E-state index is 13.3. The summed E-state index contributed by atoms with van der Waals surface area (Å²) in [4.78, 5) is 10.2. The summed E-state index contributed by atoms with van der Waals surface area (Å²) in [7, 11) is 0. The summed E-state index contributed by atoms with van der Waals surface area (Å²) in [5, 5.41) is 8.36. The van der Waals surface area contributed by atoms with E-state index in [-0.39, 0.29) is 12.2 Å². The largest absolute Gasteiger partial charge is 0.478 e. The second-order valence-corrected chi connectivity index (χ2v) is 2.98. The fraction of sp³-hybridized carbons (Fsp3) is 0.0833. The van der Waals surface area contributed by atoms with Crippen LogP contribution in [0.3, 0.4) is 0 Å². The maximum Gasteiger partial charge on any atom is 0.328 e. The number of ether oxygens (including phenoxy) is 1. The van der Waals surface area contributed by atoms with Crippen molar-refractivity contribution in [2.24, 2.45) is 0 Å². The second kappa shape index (κ2) is 5.66. The quantitative estimate of drug-likeness (QED) is 0.645. The highest BCUT2D eigenvalue weighted by Crippen LogP contribution is 2.23. The molecule has 0 aliphatic heterocycles. The molecule has 0 saturated carbocycles. The van der Waals surface area contributed by atoms with Gasteiger partial charge in [-0.05, 0) is 23.8 Å². The Bertz CT molecular complexity index is 478. The van der Waals surface area contributed by atoms with Crippen molar-refractivity contribution in [3.8, 4) is 18.1 Å². The van der Waals surface area contributed by atoms with E-state index in [9.17, 15) is 13.6 Å². The Kier molecular flexibility index (Phi) is 4.23. The Hall–Kier alpha value is -2.35. The van der Waals surface area contributed by atoms with Crippen molar-refractivity contribution in [3.63, 3.8) is 0 Å². The number of carbonyl (C=O) groups is 1. The molecule has 0 bridgehead atoms. The predicted octanol–water partition coefficient (Wildman–Crippen LogP) is 2.07. The molecule has 5 heteroatoms. The third kappa shape index (κ3) is 3.61. The van der Waals surface area contributed by atoms with Crippen molar-refractivity contribution in [2.75, 3.05) is 6.61 Å². The highest BCUT2D eigenvalue weighted by atomic mass is 19.1. The second-order valence-electron chi connectivity index (χ2n) is 2.98. The van der Waals surface area contributed by atoms with Crippen LogP contribution in [0, 0.1) is 24.0 Å². The molecule has 0 aliphatic carbocycles. The van der Waals surface area contributed by atoms with Gasteiger partial charge in [0.25, 0.3) is 0 Å². The standard InChI is InChI=1S/C12H8F2O3/c1-2-5-17-12-9(13)6-8(7-10(12)14)3-4-11(15)16/h1,3-4,6-7H,5H2,(H,15,16). The molecule has 0 amide bonds. The SMILES string of the molecule is C#CCOc1c(F)cc(C=CC(=O)O)cc1F. The molecule has 0 fully saturated rings. The molecule has 17 heavy (non-hydrogen) atoms. The zero-order chi connectivity index (χ0) is 12.8. The molecule has 0 aromatic heterocycles. The van der Waals surface area contributed by atoms with Crippen molar-refractivity contribution in [3.05, 3.63) is 35.4 Å². The number of benzene rings is 1. The average Bonchev–Trinajstić information content (AvgIpc) is 2.25. The molecule has 0 unspecified atom stereocenters. The summed E-state index contributed by atoms with van der Waals surface area (Å²) in [6.45, 7) is -0.252. The molecular formula is C12H8F2O3. The Balaban J connectivity index is 3.01. The minimum absolute atomic E-state index is 0.0791. The molecule has 0 radical (unpaired) electrons. The van der Waals surface area contributed by atoms with Gasteiger partial charge in [-0.15, -0.1) is 6.42 Å². The van der Waals surface area contributed by atoms with Crippen LogP contribution in [-0.2, 0) is 4.79 Å². The smallest absolute Gasteiger partial charge is 0.328 e. The maximum absolute atomic E-state index is 13.3. The van der Waals surface area contributed by atoms with Crippen molar-refractivity contribution >= 4 is 12.0 Å². The lowest BCUT2D eigenvalue weighted by Gasteiger charge is -2.06. The van der Waals surface area contributed by atoms with E-state index >= 15 is 0 Å². The Morgan fingerprint density at radius 1 is 1.47 bits per heavy atom. The van der Waals surface area contributed by atoms with Crippen LogP contribution in [0.2, 0.25) is 0 Å². The van der Waals surface area contributed by atoms with Crippen molar-refractivity contribution in [1.82, 2.24) is 0 Å². The molecule has 1 aromatic rings. The molecule has 1 rings (SSSR count). The van der Waals surface area contributed by atoms with Gasteiger partial charge in [0.15, 0.2) is 17.4 Å². The first-order valence-corrected chi connectivity index (χ1v) is 4.51. The monoisotopic (exact) mass is 238 g/mol. The lowest BCUT2D eigenvalue weighted by atomic mass is 10.2. The van der Waals surface area contributed by atoms with Gasteiger partial charge in [-0.2, -0.15) is 0 Å². The van der Waals surface area contributed by atoms with Gasteiger partial charge >= 0.3 is 5.97 Å². The summed E-state index contributed by atoms with van der Waals surface area (Å²) < 4.78 is 31.4. The number of hydrogen-bond acceptors (Lipinski definition) is 2. The number of carboxylic acid groups (broad SMARTS) is 1. The van der Waals surface area contributed by atoms with Gasteiger partial charge in [0.05, 0.1) is 0 Å². The molecule has 3 nitrogen and oxygen atoms in total. The topological polar surface area (TPSA) is 46.5 Å². The Labute approximate surface area is 96.3 Å². The van der Waals surface area contributed by atoms with Crippen LogP contribution in [0.4, 0.5) is 8.78 Å². The fourth-order valence-electron chi connectivity index (χ4n) is 1.09. The van der Waals surface area contributed by atoms with Crippen LogP contribution in [0.1, 0.15) is 5.56 Å². The van der Waals surface area contributed by atoms with Gasteiger partial charge in [-0.1, -0.05) is 5.92 Å². The first-order valence-electron chi connectivity index (χ1n) is 4.51. The third-order valence-electron chi connectivity index (χ3n) is 1.74. The third-order valence-corrected chi connectivity index (χ3v) is 1.74. The zero-order valence-corrected chi connectivity index (χ0v) is 8.61. The molecule has 0 spiro atoms. The fourth-order valence-corrected chi connectivity index (χ4v) is 1.09. The lowest BCUT2D eigenvalue weighted by Crippen LogP contribution is -1.99. The van der Waals surface area contributed by atoms with E-state index in [2.05, 4.69) is 10.7 Å². The first kappa shape index (κ1) is 12.7. The van der Waals surface area contributed by atoms with Gasteiger partial charge in [-0.25, -0.2) is 13.6 Å². The summed E-state index contributed by atoms with van der Waals surface area (Å²) in [6.07, 6.45) is 6.73. The molecule has 0 heterocycles. The summed E-state index contributed by atoms with van der Waals surface area (Å²) >= 11 is 0. The number of aliphatic carboxylic acids is 1. The summed E-state index contributed by atoms with van der Waals surface area (Å²) in [5.41, 5.74) is 0.0791. The molecule has 1 N–H and O–H groups in total. The van der Waals surface area contributed by atoms with E-state index in [1.54, 1.807) is 0 Å². The van der Waals surface area contributed by atoms with Gasteiger partial charge in [0.2, 0.25) is 0 Å². The predicted molar refractivity (Wildman–Crippen MR) is 57.4 cm³/mol. The number of carboxylic acids is 1. The minimum Gasteiger partial charge on any atom is -0.478 e. The number of rotatable bonds is 4. The van der Waals surface area contributed by atoms with Crippen LogP contribution >= 0.6 is 0 Å². The molecule has 88 valence electrons. The Morgan fingerprint density at radius 2 is 2.06 bits per heavy atom. The van der Waals surface area contributed by atoms with Crippen LogP contribution in [-0.4, -0.2) is 17.7 Å². The molecule has 1 aromatic carbocycles. The normalized spacial score (nSPS) is 10.2. The average molecular weight is 238 g/mol. The van der Waals surface area contributed by atoms with Crippen LogP contribution in [0.15, 0.2) is 18.2 Å². The molecule has 0 aliphatic rings. The van der Waals surface area contributed by atoms with Gasteiger partial charge in [0, 0.05) is 6.08 Å². The molecule has 0 atom stereocenters. The van der Waals surface area contributed by atoms with E-state index < -0.39 is 23.4 Å². The van der Waals surface area contributed by atoms with Crippen LogP contribution in [0.5, 0.6) is 5.75 Å². The molecular weight excluding hydrogens is 230 g/mol. The van der Waals surface area contributed by atoms with E-state index in [0.717, 1.165) is 24.3 Å². The highest BCUT2D eigenvalue weighted by Gasteiger charge is 2.11. The van der Waals surface area contributed by atoms with Gasteiger partial charge < -0.3 is 9.84 Å². The van der Waals surface area contributed by atoms with Gasteiger partial charge in [0.1, 0.15) is 6.61 Å². The van der Waals surface area contributed by atoms with E-state index in [1.807, 2.05) is 0 Å². The lowest BCUT2D eigenvalue weighted by molar-refractivity contribution is -0.131.